The lowest BCUT2D eigenvalue weighted by molar-refractivity contribution is 0.245. The van der Waals surface area contributed by atoms with Gasteiger partial charge in [0, 0.05) is 0 Å². The van der Waals surface area contributed by atoms with Crippen molar-refractivity contribution in [3.8, 4) is 0 Å². The predicted octanol–water partition coefficient (Wildman–Crippen LogP) is 11.4. The third-order valence-corrected chi connectivity index (χ3v) is 8.31. The van der Waals surface area contributed by atoms with Gasteiger partial charge in [0.05, 0.1) is 0 Å². The molecular formula is C35H74N2. The van der Waals surface area contributed by atoms with Crippen molar-refractivity contribution in [1.82, 2.24) is 9.80 Å². The van der Waals surface area contributed by atoms with E-state index in [0.717, 1.165) is 0 Å². The zero-order chi connectivity index (χ0) is 27.1. The summed E-state index contributed by atoms with van der Waals surface area (Å²) in [5, 5.41) is 0. The van der Waals surface area contributed by atoms with Crippen LogP contribution in [0.15, 0.2) is 0 Å². The molecule has 0 bridgehead atoms. The Hall–Kier alpha value is -0.0800. The quantitative estimate of drug-likeness (QED) is 0.0810. The Kier molecular flexibility index (Phi) is 32.1. The monoisotopic (exact) mass is 523 g/mol. The van der Waals surface area contributed by atoms with Crippen molar-refractivity contribution in [1.29, 1.82) is 0 Å². The Balaban J connectivity index is 3.94. The molecule has 224 valence electrons. The van der Waals surface area contributed by atoms with Gasteiger partial charge >= 0.3 is 0 Å². The topological polar surface area (TPSA) is 6.48 Å². The molecule has 0 aliphatic rings. The van der Waals surface area contributed by atoms with Crippen LogP contribution in [0.25, 0.3) is 0 Å². The predicted molar refractivity (Wildman–Crippen MR) is 171 cm³/mol. The van der Waals surface area contributed by atoms with Gasteiger partial charge in [-0.25, -0.2) is 0 Å². The van der Waals surface area contributed by atoms with E-state index in [1.807, 2.05) is 0 Å². The number of nitrogens with zero attached hydrogens (tertiary/aromatic N) is 2. The van der Waals surface area contributed by atoms with Crippen molar-refractivity contribution >= 4 is 0 Å². The average Bonchev–Trinajstić information content (AvgIpc) is 2.90. The maximum absolute atomic E-state index is 2.83. The van der Waals surface area contributed by atoms with Crippen molar-refractivity contribution < 1.29 is 0 Å². The van der Waals surface area contributed by atoms with E-state index in [2.05, 4.69) is 37.6 Å². The maximum Gasteiger partial charge on any atom is -0.00183 e. The fourth-order valence-corrected chi connectivity index (χ4v) is 5.62. The molecule has 0 rings (SSSR count). The molecule has 0 N–H and O–H groups in total. The van der Waals surface area contributed by atoms with Gasteiger partial charge in [-0.1, -0.05) is 156 Å². The molecule has 0 radical (unpaired) electrons. The van der Waals surface area contributed by atoms with E-state index < -0.39 is 0 Å². The first kappa shape index (κ1) is 36.9. The Labute approximate surface area is 237 Å². The first-order valence-corrected chi connectivity index (χ1v) is 17.6. The zero-order valence-electron chi connectivity index (χ0n) is 26.8. The fraction of sp³-hybridized carbons (Fsp3) is 1.00. The van der Waals surface area contributed by atoms with Crippen LogP contribution in [0.2, 0.25) is 0 Å². The molecule has 0 aromatic rings. The standard InChI is InChI=1S/C35H74N2/c1-5-8-11-14-17-20-23-26-31-36(4)32-29-30-35-37(33-27-24-21-18-15-12-9-6-2)34-28-25-22-19-16-13-10-7-3/h5-35H2,1-4H3. The van der Waals surface area contributed by atoms with Gasteiger partial charge in [0.25, 0.3) is 0 Å². The van der Waals surface area contributed by atoms with Gasteiger partial charge in [-0.05, 0) is 71.9 Å². The smallest absolute Gasteiger partial charge is 0.00183 e. The summed E-state index contributed by atoms with van der Waals surface area (Å²) in [5.41, 5.74) is 0. The van der Waals surface area contributed by atoms with Crippen LogP contribution >= 0.6 is 0 Å². The summed E-state index contributed by atoms with van der Waals surface area (Å²) < 4.78 is 0. The minimum atomic E-state index is 1.29. The van der Waals surface area contributed by atoms with Crippen molar-refractivity contribution in [3.05, 3.63) is 0 Å². The van der Waals surface area contributed by atoms with Crippen LogP contribution in [0.5, 0.6) is 0 Å². The highest BCUT2D eigenvalue weighted by Gasteiger charge is 2.06. The Bertz CT molecular complexity index is 377. The fourth-order valence-electron chi connectivity index (χ4n) is 5.62. The molecule has 37 heavy (non-hydrogen) atoms. The summed E-state index contributed by atoms with van der Waals surface area (Å²) in [7, 11) is 2.35. The number of rotatable bonds is 32. The SMILES string of the molecule is CCCCCCCCCCN(C)CCCCN(CCCCCCCCCC)CCCCCCCCCC. The molecular weight excluding hydrogens is 448 g/mol. The highest BCUT2D eigenvalue weighted by Crippen LogP contribution is 2.12. The Morgan fingerprint density at radius 1 is 0.270 bits per heavy atom. The molecule has 0 saturated heterocycles. The molecule has 0 spiro atoms. The molecule has 0 fully saturated rings. The Morgan fingerprint density at radius 2 is 0.486 bits per heavy atom. The van der Waals surface area contributed by atoms with Gasteiger partial charge in [0.2, 0.25) is 0 Å². The molecule has 0 saturated carbocycles. The molecule has 2 heteroatoms. The van der Waals surface area contributed by atoms with Crippen LogP contribution in [-0.2, 0) is 0 Å². The van der Waals surface area contributed by atoms with Gasteiger partial charge in [0.15, 0.2) is 0 Å². The third-order valence-electron chi connectivity index (χ3n) is 8.31. The highest BCUT2D eigenvalue weighted by atomic mass is 15.1. The molecule has 0 aliphatic carbocycles. The van der Waals surface area contributed by atoms with Crippen LogP contribution in [0.1, 0.15) is 188 Å². The first-order valence-electron chi connectivity index (χ1n) is 17.6. The van der Waals surface area contributed by atoms with Gasteiger partial charge in [0.1, 0.15) is 0 Å². The van der Waals surface area contributed by atoms with E-state index in [0.29, 0.717) is 0 Å². The molecule has 0 atom stereocenters. The second kappa shape index (κ2) is 32.1. The summed E-state index contributed by atoms with van der Waals surface area (Å²) >= 11 is 0. The summed E-state index contributed by atoms with van der Waals surface area (Å²) in [5.74, 6) is 0. The van der Waals surface area contributed by atoms with Crippen LogP contribution in [0.4, 0.5) is 0 Å². The summed E-state index contributed by atoms with van der Waals surface area (Å²) in [4.78, 5) is 5.42. The minimum absolute atomic E-state index is 1.29. The first-order chi connectivity index (χ1) is 18.2. The lowest BCUT2D eigenvalue weighted by atomic mass is 10.1. The number of hydrogen-bond acceptors (Lipinski definition) is 2. The summed E-state index contributed by atoms with van der Waals surface area (Å²) in [6.45, 7) is 13.6. The zero-order valence-corrected chi connectivity index (χ0v) is 26.8. The van der Waals surface area contributed by atoms with Crippen LogP contribution in [0, 0.1) is 0 Å². The second-order valence-corrected chi connectivity index (χ2v) is 12.3. The normalized spacial score (nSPS) is 11.8. The van der Waals surface area contributed by atoms with Crippen molar-refractivity contribution in [3.63, 3.8) is 0 Å². The molecule has 2 nitrogen and oxygen atoms in total. The Morgan fingerprint density at radius 3 is 0.811 bits per heavy atom. The van der Waals surface area contributed by atoms with Crippen LogP contribution in [-0.4, -0.2) is 49.6 Å². The van der Waals surface area contributed by atoms with Gasteiger partial charge < -0.3 is 9.80 Å². The second-order valence-electron chi connectivity index (χ2n) is 12.3. The molecule has 0 heterocycles. The average molecular weight is 523 g/mol. The minimum Gasteiger partial charge on any atom is -0.306 e. The summed E-state index contributed by atoms with van der Waals surface area (Å²) in [6.07, 6.45) is 37.2. The molecule has 0 aromatic heterocycles. The van der Waals surface area contributed by atoms with Gasteiger partial charge in [-0.15, -0.1) is 0 Å². The van der Waals surface area contributed by atoms with E-state index in [1.54, 1.807) is 0 Å². The largest absolute Gasteiger partial charge is 0.306 e. The lowest BCUT2D eigenvalue weighted by Crippen LogP contribution is -2.28. The van der Waals surface area contributed by atoms with Gasteiger partial charge in [-0.3, -0.25) is 0 Å². The van der Waals surface area contributed by atoms with Gasteiger partial charge in [-0.2, -0.15) is 0 Å². The summed E-state index contributed by atoms with van der Waals surface area (Å²) in [6, 6.07) is 0. The highest BCUT2D eigenvalue weighted by molar-refractivity contribution is 4.62. The van der Waals surface area contributed by atoms with E-state index in [-0.39, 0.29) is 0 Å². The molecule has 0 aliphatic heterocycles. The lowest BCUT2D eigenvalue weighted by Gasteiger charge is -2.23. The van der Waals surface area contributed by atoms with Crippen molar-refractivity contribution in [2.24, 2.45) is 0 Å². The van der Waals surface area contributed by atoms with Crippen molar-refractivity contribution in [2.45, 2.75) is 188 Å². The van der Waals surface area contributed by atoms with Crippen molar-refractivity contribution in [2.75, 3.05) is 39.8 Å². The number of hydrogen-bond donors (Lipinski definition) is 0. The van der Waals surface area contributed by atoms with E-state index in [9.17, 15) is 0 Å². The number of unbranched alkanes of at least 4 members (excludes halogenated alkanes) is 22. The molecule has 0 aromatic carbocycles. The molecule has 0 amide bonds. The van der Waals surface area contributed by atoms with E-state index in [1.165, 1.54) is 200 Å². The van der Waals surface area contributed by atoms with Crippen LogP contribution < -0.4 is 0 Å². The van der Waals surface area contributed by atoms with Crippen LogP contribution in [0.3, 0.4) is 0 Å². The van der Waals surface area contributed by atoms with E-state index in [4.69, 9.17) is 0 Å². The van der Waals surface area contributed by atoms with E-state index >= 15 is 0 Å². The third kappa shape index (κ3) is 30.3. The maximum atomic E-state index is 2.83. The molecule has 0 unspecified atom stereocenters.